The SMILES string of the molecule is CO[C@H]1CNCC1Nc1cc(Cl)c(Cl)cc1[N+](=O)[O-]. The molecule has 1 fully saturated rings. The van der Waals surface area contributed by atoms with Crippen LogP contribution in [0.3, 0.4) is 0 Å². The number of nitrogens with zero attached hydrogens (tertiary/aromatic N) is 1. The molecule has 0 aromatic heterocycles. The van der Waals surface area contributed by atoms with Gasteiger partial charge in [-0.1, -0.05) is 23.2 Å². The summed E-state index contributed by atoms with van der Waals surface area (Å²) in [6.45, 7) is 1.36. The fraction of sp³-hybridized carbons (Fsp3) is 0.455. The van der Waals surface area contributed by atoms with Crippen molar-refractivity contribution in [3.63, 3.8) is 0 Å². The molecule has 1 heterocycles. The quantitative estimate of drug-likeness (QED) is 0.659. The predicted molar refractivity (Wildman–Crippen MR) is 74.2 cm³/mol. The molecule has 1 aliphatic rings. The third-order valence-electron chi connectivity index (χ3n) is 3.04. The fourth-order valence-electron chi connectivity index (χ4n) is 2.05. The van der Waals surface area contributed by atoms with Gasteiger partial charge in [0.15, 0.2) is 0 Å². The maximum absolute atomic E-state index is 11.0. The fourth-order valence-corrected chi connectivity index (χ4v) is 2.37. The third kappa shape index (κ3) is 3.09. The van der Waals surface area contributed by atoms with Gasteiger partial charge in [-0.15, -0.1) is 0 Å². The van der Waals surface area contributed by atoms with Crippen LogP contribution < -0.4 is 10.6 Å². The Morgan fingerprint density at radius 1 is 1.42 bits per heavy atom. The summed E-state index contributed by atoms with van der Waals surface area (Å²) in [6.07, 6.45) is -0.0472. The molecule has 104 valence electrons. The van der Waals surface area contributed by atoms with E-state index in [9.17, 15) is 10.1 Å². The lowest BCUT2D eigenvalue weighted by molar-refractivity contribution is -0.384. The van der Waals surface area contributed by atoms with E-state index in [-0.39, 0.29) is 27.9 Å². The molecule has 6 nitrogen and oxygen atoms in total. The van der Waals surface area contributed by atoms with E-state index >= 15 is 0 Å². The summed E-state index contributed by atoms with van der Waals surface area (Å²) in [5, 5.41) is 17.7. The number of halogens is 2. The Hall–Kier alpha value is -1.08. The van der Waals surface area contributed by atoms with Crippen molar-refractivity contribution >= 4 is 34.6 Å². The van der Waals surface area contributed by atoms with Crippen LogP contribution in [0, 0.1) is 10.1 Å². The van der Waals surface area contributed by atoms with Crippen LogP contribution >= 0.6 is 23.2 Å². The first kappa shape index (κ1) is 14.3. The zero-order chi connectivity index (χ0) is 14.0. The van der Waals surface area contributed by atoms with Crippen molar-refractivity contribution in [3.8, 4) is 0 Å². The van der Waals surface area contributed by atoms with Crippen LogP contribution in [0.25, 0.3) is 0 Å². The van der Waals surface area contributed by atoms with Crippen LogP contribution in [0.5, 0.6) is 0 Å². The zero-order valence-corrected chi connectivity index (χ0v) is 11.7. The summed E-state index contributed by atoms with van der Waals surface area (Å²) >= 11 is 11.7. The lowest BCUT2D eigenvalue weighted by Crippen LogP contribution is -2.33. The normalized spacial score (nSPS) is 22.5. The monoisotopic (exact) mass is 305 g/mol. The molecule has 0 radical (unpaired) electrons. The maximum Gasteiger partial charge on any atom is 0.293 e. The number of benzene rings is 1. The largest absolute Gasteiger partial charge is 0.378 e. The molecule has 1 aromatic carbocycles. The second-order valence-electron chi connectivity index (χ2n) is 4.22. The van der Waals surface area contributed by atoms with Gasteiger partial charge in [-0.05, 0) is 6.07 Å². The number of rotatable bonds is 4. The van der Waals surface area contributed by atoms with Gasteiger partial charge in [0.2, 0.25) is 0 Å². The van der Waals surface area contributed by atoms with E-state index in [1.54, 1.807) is 7.11 Å². The lowest BCUT2D eigenvalue weighted by Gasteiger charge is -2.19. The molecule has 0 amide bonds. The van der Waals surface area contributed by atoms with Crippen LogP contribution in [0.1, 0.15) is 0 Å². The number of hydrogen-bond donors (Lipinski definition) is 2. The van der Waals surface area contributed by atoms with Crippen molar-refractivity contribution in [1.82, 2.24) is 5.32 Å². The van der Waals surface area contributed by atoms with Crippen LogP contribution in [0.15, 0.2) is 12.1 Å². The van der Waals surface area contributed by atoms with Crippen molar-refractivity contribution in [2.45, 2.75) is 12.1 Å². The highest BCUT2D eigenvalue weighted by molar-refractivity contribution is 6.42. The maximum atomic E-state index is 11.0. The number of hydrogen-bond acceptors (Lipinski definition) is 5. The smallest absolute Gasteiger partial charge is 0.293 e. The van der Waals surface area contributed by atoms with E-state index in [0.29, 0.717) is 18.8 Å². The molecule has 0 saturated carbocycles. The van der Waals surface area contributed by atoms with E-state index in [2.05, 4.69) is 10.6 Å². The topological polar surface area (TPSA) is 76.4 Å². The van der Waals surface area contributed by atoms with E-state index < -0.39 is 4.92 Å². The number of ether oxygens (including phenoxy) is 1. The molecule has 8 heteroatoms. The third-order valence-corrected chi connectivity index (χ3v) is 3.76. The number of anilines is 1. The second-order valence-corrected chi connectivity index (χ2v) is 5.04. The number of methoxy groups -OCH3 is 1. The average molecular weight is 306 g/mol. The van der Waals surface area contributed by atoms with Gasteiger partial charge in [0, 0.05) is 26.3 Å². The molecule has 1 aromatic rings. The Morgan fingerprint density at radius 3 is 2.74 bits per heavy atom. The van der Waals surface area contributed by atoms with Crippen LogP contribution in [0.4, 0.5) is 11.4 Å². The summed E-state index contributed by atoms with van der Waals surface area (Å²) in [4.78, 5) is 10.5. The minimum atomic E-state index is -0.491. The molecule has 2 rings (SSSR count). The van der Waals surface area contributed by atoms with Crippen molar-refractivity contribution in [3.05, 3.63) is 32.3 Å². The van der Waals surface area contributed by atoms with Crippen molar-refractivity contribution < 1.29 is 9.66 Å². The second kappa shape index (κ2) is 5.92. The molecule has 19 heavy (non-hydrogen) atoms. The van der Waals surface area contributed by atoms with Gasteiger partial charge in [-0.2, -0.15) is 0 Å². The van der Waals surface area contributed by atoms with Gasteiger partial charge in [0.1, 0.15) is 5.69 Å². The van der Waals surface area contributed by atoms with Gasteiger partial charge < -0.3 is 15.4 Å². The van der Waals surface area contributed by atoms with E-state index in [1.165, 1.54) is 12.1 Å². The first-order valence-electron chi connectivity index (χ1n) is 5.66. The molecule has 1 aliphatic heterocycles. The van der Waals surface area contributed by atoms with Crippen molar-refractivity contribution in [2.75, 3.05) is 25.5 Å². The van der Waals surface area contributed by atoms with Gasteiger partial charge in [-0.25, -0.2) is 0 Å². The molecular formula is C11H13Cl2N3O3. The van der Waals surface area contributed by atoms with Crippen LogP contribution in [-0.4, -0.2) is 37.3 Å². The standard InChI is InChI=1S/C11H13Cl2N3O3/c1-19-11-5-14-4-9(11)15-8-2-6(12)7(13)3-10(8)16(17)18/h2-3,9,11,14-15H,4-5H2,1H3/t9?,11-/m0/s1. The van der Waals surface area contributed by atoms with Crippen LogP contribution in [-0.2, 0) is 4.74 Å². The number of nitro groups is 1. The Morgan fingerprint density at radius 2 is 2.11 bits per heavy atom. The molecule has 0 bridgehead atoms. The molecule has 2 N–H and O–H groups in total. The predicted octanol–water partition coefficient (Wildman–Crippen LogP) is 2.30. The summed E-state index contributed by atoms with van der Waals surface area (Å²) in [6, 6.07) is 2.66. The summed E-state index contributed by atoms with van der Waals surface area (Å²) in [7, 11) is 1.61. The summed E-state index contributed by atoms with van der Waals surface area (Å²) in [5.74, 6) is 0. The molecule has 2 atom stereocenters. The molecule has 1 saturated heterocycles. The number of nitrogens with one attached hydrogen (secondary N) is 2. The average Bonchev–Trinajstić information content (AvgIpc) is 2.80. The first-order chi connectivity index (χ1) is 9.02. The van der Waals surface area contributed by atoms with Crippen molar-refractivity contribution in [2.24, 2.45) is 0 Å². The van der Waals surface area contributed by atoms with Gasteiger partial charge in [0.05, 0.1) is 27.1 Å². The number of nitro benzene ring substituents is 1. The molecule has 0 aliphatic carbocycles. The summed E-state index contributed by atoms with van der Waals surface area (Å²) in [5.41, 5.74) is 0.242. The Kier molecular flexibility index (Phi) is 4.46. The Bertz CT molecular complexity index is 498. The highest BCUT2D eigenvalue weighted by Gasteiger charge is 2.29. The first-order valence-corrected chi connectivity index (χ1v) is 6.42. The Labute approximate surface area is 120 Å². The van der Waals surface area contributed by atoms with Crippen LogP contribution in [0.2, 0.25) is 10.0 Å². The molecule has 1 unspecified atom stereocenters. The van der Waals surface area contributed by atoms with Gasteiger partial charge >= 0.3 is 0 Å². The van der Waals surface area contributed by atoms with E-state index in [4.69, 9.17) is 27.9 Å². The van der Waals surface area contributed by atoms with Gasteiger partial charge in [0.25, 0.3) is 5.69 Å². The summed E-state index contributed by atoms with van der Waals surface area (Å²) < 4.78 is 5.30. The van der Waals surface area contributed by atoms with E-state index in [0.717, 1.165) is 0 Å². The van der Waals surface area contributed by atoms with E-state index in [1.807, 2.05) is 0 Å². The van der Waals surface area contributed by atoms with Gasteiger partial charge in [-0.3, -0.25) is 10.1 Å². The zero-order valence-electron chi connectivity index (χ0n) is 10.2. The highest BCUT2D eigenvalue weighted by Crippen LogP contribution is 2.34. The lowest BCUT2D eigenvalue weighted by atomic mass is 10.2. The highest BCUT2D eigenvalue weighted by atomic mass is 35.5. The Balaban J connectivity index is 2.28. The van der Waals surface area contributed by atoms with Crippen molar-refractivity contribution in [1.29, 1.82) is 0 Å². The minimum absolute atomic E-state index is 0.0472. The molecular weight excluding hydrogens is 293 g/mol. The molecule has 0 spiro atoms. The minimum Gasteiger partial charge on any atom is -0.378 e.